The monoisotopic (exact) mass is 498 g/mol. The first-order valence-corrected chi connectivity index (χ1v) is 13.1. The van der Waals surface area contributed by atoms with Gasteiger partial charge in [-0.2, -0.15) is 4.31 Å². The highest BCUT2D eigenvalue weighted by molar-refractivity contribution is 7.89. The number of sulfonamides is 1. The molecule has 35 heavy (non-hydrogen) atoms. The fourth-order valence-electron chi connectivity index (χ4n) is 4.34. The van der Waals surface area contributed by atoms with Crippen LogP contribution in [0, 0.1) is 6.92 Å². The lowest BCUT2D eigenvalue weighted by atomic mass is 10.1. The van der Waals surface area contributed by atoms with Crippen molar-refractivity contribution >= 4 is 26.8 Å². The minimum absolute atomic E-state index is 0.0714. The number of carbonyl (C=O) groups excluding carboxylic acids is 1. The smallest absolute Gasteiger partial charge is 0.261 e. The number of nitrogens with one attached hydrogen (secondary N) is 1. The van der Waals surface area contributed by atoms with Gasteiger partial charge in [-0.05, 0) is 62.1 Å². The summed E-state index contributed by atoms with van der Waals surface area (Å²) in [6, 6.07) is 11.8. The Morgan fingerprint density at radius 3 is 2.54 bits per heavy atom. The van der Waals surface area contributed by atoms with Gasteiger partial charge in [-0.1, -0.05) is 12.1 Å². The number of ether oxygens (including phenoxy) is 1. The lowest BCUT2D eigenvalue weighted by Gasteiger charge is -2.31. The van der Waals surface area contributed by atoms with Gasteiger partial charge in [0.05, 0.1) is 29.2 Å². The number of hydrogen-bond acceptors (Lipinski definition) is 6. The average molecular weight is 499 g/mol. The molecule has 1 aliphatic rings. The molecule has 0 radical (unpaired) electrons. The number of carbonyl (C=O) groups is 1. The van der Waals surface area contributed by atoms with E-state index in [4.69, 9.17) is 4.74 Å². The Morgan fingerprint density at radius 2 is 1.86 bits per heavy atom. The number of nitrogens with zero attached hydrogens (tertiary/aromatic N) is 3. The predicted octanol–water partition coefficient (Wildman–Crippen LogP) is 2.46. The first-order chi connectivity index (χ1) is 16.8. The number of fused-ring (bicyclic) bond motifs is 1. The van der Waals surface area contributed by atoms with Crippen LogP contribution in [0.4, 0.5) is 0 Å². The quantitative estimate of drug-likeness (QED) is 0.511. The standard InChI is InChI=1S/C25H30N4O5S/c1-18-5-3-6-22-24(18)26-17-28(25(22)31)14-4-7-23(30)27-19-12-15-29(16-13-19)35(32,33)21-10-8-20(34-2)9-11-21/h3,5-6,8-11,17,19H,4,7,12-16H2,1-2H3,(H,27,30). The molecule has 10 heteroatoms. The summed E-state index contributed by atoms with van der Waals surface area (Å²) < 4.78 is 33.9. The molecule has 1 aliphatic heterocycles. The van der Waals surface area contributed by atoms with Gasteiger partial charge in [0.25, 0.3) is 5.56 Å². The number of para-hydroxylation sites is 1. The molecular weight excluding hydrogens is 468 g/mol. The SMILES string of the molecule is COc1ccc(S(=O)(=O)N2CCC(NC(=O)CCCn3cnc4c(C)cccc4c3=O)CC2)cc1. The predicted molar refractivity (Wildman–Crippen MR) is 133 cm³/mol. The van der Waals surface area contributed by atoms with Crippen molar-refractivity contribution in [2.45, 2.75) is 50.1 Å². The molecule has 0 unspecified atom stereocenters. The fourth-order valence-corrected chi connectivity index (χ4v) is 5.81. The van der Waals surface area contributed by atoms with Gasteiger partial charge in [-0.3, -0.25) is 14.2 Å². The zero-order chi connectivity index (χ0) is 25.0. The van der Waals surface area contributed by atoms with Gasteiger partial charge in [0.1, 0.15) is 5.75 Å². The third-order valence-electron chi connectivity index (χ3n) is 6.37. The highest BCUT2D eigenvalue weighted by Crippen LogP contribution is 2.23. The first-order valence-electron chi connectivity index (χ1n) is 11.7. The zero-order valence-corrected chi connectivity index (χ0v) is 20.8. The Kier molecular flexibility index (Phi) is 7.51. The van der Waals surface area contributed by atoms with Gasteiger partial charge in [-0.15, -0.1) is 0 Å². The molecule has 1 aromatic heterocycles. The molecule has 2 heterocycles. The van der Waals surface area contributed by atoms with E-state index in [0.717, 1.165) is 5.56 Å². The van der Waals surface area contributed by atoms with Crippen molar-refractivity contribution in [3.05, 3.63) is 64.7 Å². The Labute approximate surface area is 204 Å². The number of hydrogen-bond donors (Lipinski definition) is 1. The van der Waals surface area contributed by atoms with E-state index in [9.17, 15) is 18.0 Å². The zero-order valence-electron chi connectivity index (χ0n) is 19.9. The van der Waals surface area contributed by atoms with Gasteiger partial charge < -0.3 is 10.1 Å². The maximum atomic E-state index is 12.9. The lowest BCUT2D eigenvalue weighted by molar-refractivity contribution is -0.122. The Hall–Kier alpha value is -3.24. The minimum Gasteiger partial charge on any atom is -0.497 e. The summed E-state index contributed by atoms with van der Waals surface area (Å²) in [5, 5.41) is 3.58. The molecular formula is C25H30N4O5S. The molecule has 9 nitrogen and oxygen atoms in total. The van der Waals surface area contributed by atoms with E-state index < -0.39 is 10.0 Å². The summed E-state index contributed by atoms with van der Waals surface area (Å²) in [6.45, 7) is 3.01. The normalized spacial score (nSPS) is 15.3. The highest BCUT2D eigenvalue weighted by atomic mass is 32.2. The van der Waals surface area contributed by atoms with E-state index in [-0.39, 0.29) is 28.8 Å². The average Bonchev–Trinajstić information content (AvgIpc) is 2.86. The number of piperidine rings is 1. The van der Waals surface area contributed by atoms with E-state index in [1.165, 1.54) is 22.3 Å². The number of aromatic nitrogens is 2. The number of rotatable bonds is 8. The van der Waals surface area contributed by atoms with Crippen molar-refractivity contribution in [1.82, 2.24) is 19.2 Å². The Bertz CT molecular complexity index is 1360. The molecule has 4 rings (SSSR count). The van der Waals surface area contributed by atoms with Crippen LogP contribution in [0.2, 0.25) is 0 Å². The molecule has 1 amide bonds. The summed E-state index contributed by atoms with van der Waals surface area (Å²) in [5.41, 5.74) is 1.55. The lowest BCUT2D eigenvalue weighted by Crippen LogP contribution is -2.46. The van der Waals surface area contributed by atoms with Gasteiger partial charge in [0.15, 0.2) is 0 Å². The van der Waals surface area contributed by atoms with Crippen LogP contribution in [-0.2, 0) is 21.4 Å². The van der Waals surface area contributed by atoms with E-state index in [0.29, 0.717) is 55.5 Å². The van der Waals surface area contributed by atoms with Crippen LogP contribution >= 0.6 is 0 Å². The van der Waals surface area contributed by atoms with E-state index in [1.807, 2.05) is 19.1 Å². The van der Waals surface area contributed by atoms with Crippen molar-refractivity contribution < 1.29 is 17.9 Å². The number of amides is 1. The van der Waals surface area contributed by atoms with Gasteiger partial charge in [-0.25, -0.2) is 13.4 Å². The molecule has 1 fully saturated rings. The van der Waals surface area contributed by atoms with Gasteiger partial charge in [0.2, 0.25) is 15.9 Å². The van der Waals surface area contributed by atoms with Crippen LogP contribution in [0.5, 0.6) is 5.75 Å². The Balaban J connectivity index is 1.25. The van der Waals surface area contributed by atoms with Crippen molar-refractivity contribution in [1.29, 1.82) is 0 Å². The van der Waals surface area contributed by atoms with Crippen LogP contribution < -0.4 is 15.6 Å². The topological polar surface area (TPSA) is 111 Å². The fraction of sp³-hybridized carbons (Fsp3) is 0.400. The highest BCUT2D eigenvalue weighted by Gasteiger charge is 2.29. The molecule has 2 aromatic carbocycles. The third kappa shape index (κ3) is 5.54. The molecule has 1 saturated heterocycles. The molecule has 1 N–H and O–H groups in total. The van der Waals surface area contributed by atoms with Crippen LogP contribution in [0.3, 0.4) is 0 Å². The minimum atomic E-state index is -3.58. The van der Waals surface area contributed by atoms with Crippen molar-refractivity contribution in [3.63, 3.8) is 0 Å². The molecule has 3 aromatic rings. The summed E-state index contributed by atoms with van der Waals surface area (Å²) in [4.78, 5) is 29.8. The second kappa shape index (κ2) is 10.6. The summed E-state index contributed by atoms with van der Waals surface area (Å²) in [7, 11) is -2.05. The largest absolute Gasteiger partial charge is 0.497 e. The number of benzene rings is 2. The molecule has 0 bridgehead atoms. The van der Waals surface area contributed by atoms with Crippen LogP contribution in [-0.4, -0.2) is 54.4 Å². The second-order valence-corrected chi connectivity index (χ2v) is 10.7. The van der Waals surface area contributed by atoms with Gasteiger partial charge in [0, 0.05) is 32.1 Å². The van der Waals surface area contributed by atoms with E-state index in [2.05, 4.69) is 10.3 Å². The molecule has 0 saturated carbocycles. The summed E-state index contributed by atoms with van der Waals surface area (Å²) >= 11 is 0. The Morgan fingerprint density at radius 1 is 1.14 bits per heavy atom. The van der Waals surface area contributed by atoms with Crippen molar-refractivity contribution in [2.75, 3.05) is 20.2 Å². The van der Waals surface area contributed by atoms with Crippen LogP contribution in [0.15, 0.2) is 58.5 Å². The maximum absolute atomic E-state index is 12.9. The van der Waals surface area contributed by atoms with E-state index in [1.54, 1.807) is 30.3 Å². The van der Waals surface area contributed by atoms with Gasteiger partial charge >= 0.3 is 0 Å². The second-order valence-electron chi connectivity index (χ2n) is 8.74. The molecule has 0 aliphatic carbocycles. The van der Waals surface area contributed by atoms with E-state index >= 15 is 0 Å². The number of methoxy groups -OCH3 is 1. The molecule has 0 spiro atoms. The molecule has 186 valence electrons. The van der Waals surface area contributed by atoms with Crippen LogP contribution in [0.25, 0.3) is 10.9 Å². The summed E-state index contributed by atoms with van der Waals surface area (Å²) in [6.07, 6.45) is 3.43. The summed E-state index contributed by atoms with van der Waals surface area (Å²) in [5.74, 6) is 0.501. The van der Waals surface area contributed by atoms with Crippen molar-refractivity contribution in [3.8, 4) is 5.75 Å². The molecule has 0 atom stereocenters. The third-order valence-corrected chi connectivity index (χ3v) is 8.29. The number of aryl methyl sites for hydroxylation is 2. The first kappa shape index (κ1) is 24.9. The van der Waals surface area contributed by atoms with Crippen molar-refractivity contribution in [2.24, 2.45) is 0 Å². The van der Waals surface area contributed by atoms with Crippen LogP contribution in [0.1, 0.15) is 31.2 Å². The maximum Gasteiger partial charge on any atom is 0.261 e.